The average Bonchev–Trinajstić information content (AvgIpc) is 3.42. The Morgan fingerprint density at radius 2 is 1.63 bits per heavy atom. The molecule has 0 aliphatic carbocycles. The summed E-state index contributed by atoms with van der Waals surface area (Å²) in [5, 5.41) is 9.59. The molecule has 14 heteroatoms. The van der Waals surface area contributed by atoms with Crippen LogP contribution in [0.25, 0.3) is 0 Å². The van der Waals surface area contributed by atoms with Gasteiger partial charge in [0.1, 0.15) is 6.04 Å². The summed E-state index contributed by atoms with van der Waals surface area (Å²) in [6.07, 6.45) is -13.3. The Balaban J connectivity index is 1.37. The summed E-state index contributed by atoms with van der Waals surface area (Å²) in [5.41, 5.74) is 2.82. The fourth-order valence-corrected chi connectivity index (χ4v) is 6.53. The molecule has 1 aromatic carbocycles. The first-order valence-electron chi connectivity index (χ1n) is 14.6. The molecule has 43 heavy (non-hydrogen) atoms. The van der Waals surface area contributed by atoms with Gasteiger partial charge in [-0.15, -0.1) is 0 Å². The lowest BCUT2D eigenvalue weighted by molar-refractivity contribution is -0.308. The van der Waals surface area contributed by atoms with E-state index in [0.717, 1.165) is 60.6 Å². The molecule has 0 radical (unpaired) electrons. The second kappa shape index (κ2) is 12.7. The second-order valence-electron chi connectivity index (χ2n) is 12.3. The van der Waals surface area contributed by atoms with E-state index in [4.69, 9.17) is 0 Å². The van der Waals surface area contributed by atoms with E-state index in [1.165, 1.54) is 0 Å². The molecular weight excluding hydrogens is 582 g/mol. The minimum Gasteiger partial charge on any atom is -0.480 e. The predicted molar refractivity (Wildman–Crippen MR) is 147 cm³/mol. The van der Waals surface area contributed by atoms with Crippen LogP contribution in [0.3, 0.4) is 0 Å². The zero-order valence-corrected chi connectivity index (χ0v) is 24.7. The van der Waals surface area contributed by atoms with Crippen LogP contribution in [0.15, 0.2) is 18.2 Å². The molecule has 0 aromatic heterocycles. The lowest BCUT2D eigenvalue weighted by atomic mass is 9.87. The molecule has 1 N–H and O–H groups in total. The summed E-state index contributed by atoms with van der Waals surface area (Å²) >= 11 is 0. The normalized spacial score (nSPS) is 22.4. The number of anilines is 1. The minimum absolute atomic E-state index is 0.0375. The van der Waals surface area contributed by atoms with Gasteiger partial charge in [0.25, 0.3) is 6.10 Å². The van der Waals surface area contributed by atoms with Crippen molar-refractivity contribution >= 4 is 17.7 Å². The number of carbonyl (C=O) groups excluding carboxylic acids is 1. The number of alkyl halides is 6. The number of carboxylic acids is 1. The van der Waals surface area contributed by atoms with Crippen molar-refractivity contribution in [3.8, 4) is 0 Å². The zero-order chi connectivity index (χ0) is 31.7. The van der Waals surface area contributed by atoms with Crippen LogP contribution in [0.1, 0.15) is 56.6 Å². The monoisotopic (exact) mass is 622 g/mol. The molecule has 3 heterocycles. The van der Waals surface area contributed by atoms with Crippen LogP contribution >= 0.6 is 0 Å². The van der Waals surface area contributed by atoms with Crippen LogP contribution in [0.5, 0.6) is 0 Å². The summed E-state index contributed by atoms with van der Waals surface area (Å²) in [5.74, 6) is -0.757. The topological polar surface area (TPSA) is 76.6 Å². The Morgan fingerprint density at radius 3 is 2.19 bits per heavy atom. The Labute approximate surface area is 247 Å². The molecule has 8 nitrogen and oxygen atoms in total. The largest absolute Gasteiger partial charge is 0.480 e. The molecule has 0 bridgehead atoms. The Morgan fingerprint density at radius 1 is 1.02 bits per heavy atom. The van der Waals surface area contributed by atoms with E-state index < -0.39 is 42.1 Å². The minimum atomic E-state index is -5.76. The highest BCUT2D eigenvalue weighted by atomic mass is 19.4. The predicted octanol–water partition coefficient (Wildman–Crippen LogP) is 5.43. The number of rotatable bonds is 7. The highest BCUT2D eigenvalue weighted by molar-refractivity contribution is 5.74. The number of hydrogen-bond donors (Lipinski definition) is 1. The lowest BCUT2D eigenvalue weighted by Gasteiger charge is -2.45. The first-order valence-corrected chi connectivity index (χ1v) is 14.6. The van der Waals surface area contributed by atoms with Crippen LogP contribution in [0, 0.1) is 6.92 Å². The molecule has 1 aromatic rings. The molecule has 0 spiro atoms. The first-order chi connectivity index (χ1) is 20.0. The number of aryl methyl sites for hydroxylation is 1. The number of halogens is 6. The van der Waals surface area contributed by atoms with Crippen molar-refractivity contribution in [3.05, 3.63) is 29.3 Å². The molecule has 3 aliphatic rings. The summed E-state index contributed by atoms with van der Waals surface area (Å²) in [6, 6.07) is 6.05. The van der Waals surface area contributed by atoms with Gasteiger partial charge >= 0.3 is 24.4 Å². The van der Waals surface area contributed by atoms with Gasteiger partial charge < -0.3 is 19.6 Å². The summed E-state index contributed by atoms with van der Waals surface area (Å²) < 4.78 is 81.0. The van der Waals surface area contributed by atoms with Crippen LogP contribution < -0.4 is 4.90 Å². The second-order valence-corrected chi connectivity index (χ2v) is 12.3. The number of amides is 1. The van der Waals surface area contributed by atoms with Crippen LogP contribution in [0.2, 0.25) is 0 Å². The highest BCUT2D eigenvalue weighted by Crippen LogP contribution is 2.37. The lowest BCUT2D eigenvalue weighted by Crippen LogP contribution is -2.54. The molecule has 1 amide bonds. The van der Waals surface area contributed by atoms with Crippen molar-refractivity contribution in [3.63, 3.8) is 0 Å². The molecule has 3 saturated heterocycles. The molecule has 1 atom stereocenters. The zero-order valence-electron chi connectivity index (χ0n) is 24.7. The maximum Gasteiger partial charge on any atom is 0.434 e. The van der Waals surface area contributed by atoms with Crippen molar-refractivity contribution in [2.24, 2.45) is 0 Å². The highest BCUT2D eigenvalue weighted by Gasteiger charge is 2.60. The fraction of sp³-hybridized carbons (Fsp3) is 0.724. The maximum absolute atomic E-state index is 12.9. The number of hydrogen-bond acceptors (Lipinski definition) is 6. The summed E-state index contributed by atoms with van der Waals surface area (Å²) in [4.78, 5) is 31.4. The van der Waals surface area contributed by atoms with Crippen molar-refractivity contribution in [2.45, 2.75) is 95.0 Å². The number of benzene rings is 1. The number of piperidine rings is 2. The number of nitrogens with zero attached hydrogens (tertiary/aromatic N) is 4. The molecule has 1 unspecified atom stereocenters. The van der Waals surface area contributed by atoms with E-state index in [-0.39, 0.29) is 19.1 Å². The number of carbonyl (C=O) groups is 2. The number of ether oxygens (including phenoxy) is 1. The molecule has 3 aliphatic heterocycles. The molecular formula is C29H40F6N4O4. The molecule has 3 fully saturated rings. The van der Waals surface area contributed by atoms with E-state index in [2.05, 4.69) is 31.6 Å². The Hall–Kier alpha value is -2.74. The van der Waals surface area contributed by atoms with Crippen molar-refractivity contribution in [1.82, 2.24) is 14.7 Å². The fourth-order valence-electron chi connectivity index (χ4n) is 6.53. The van der Waals surface area contributed by atoms with E-state index in [0.29, 0.717) is 25.8 Å². The number of aliphatic carboxylic acids is 1. The third kappa shape index (κ3) is 7.68. The number of carboxylic acid groups (broad SMARTS) is 1. The van der Waals surface area contributed by atoms with Gasteiger partial charge in [0.05, 0.1) is 0 Å². The maximum atomic E-state index is 12.9. The van der Waals surface area contributed by atoms with E-state index in [9.17, 15) is 41.0 Å². The van der Waals surface area contributed by atoms with Crippen molar-refractivity contribution < 1.29 is 45.8 Å². The van der Waals surface area contributed by atoms with E-state index in [1.807, 2.05) is 27.0 Å². The molecule has 0 saturated carbocycles. The van der Waals surface area contributed by atoms with Gasteiger partial charge in [0, 0.05) is 50.0 Å². The number of likely N-dealkylation sites (tertiary alicyclic amines) is 2. The van der Waals surface area contributed by atoms with E-state index >= 15 is 0 Å². The van der Waals surface area contributed by atoms with Gasteiger partial charge in [-0.25, -0.2) is 4.79 Å². The van der Waals surface area contributed by atoms with Gasteiger partial charge in [0.15, 0.2) is 0 Å². The van der Waals surface area contributed by atoms with Crippen LogP contribution in [0.4, 0.5) is 36.8 Å². The van der Waals surface area contributed by atoms with E-state index in [1.54, 1.807) is 0 Å². The standard InChI is InChI=1S/C29H40F6N4O4/c1-19-6-7-20(23(17-19)37-13-8-21(9-14-37)39-12-4-5-22(39)24(40)41)18-36(3)27(2)10-15-38(16-11-27)26(42)43-25(28(30,31)32)29(33,34)35/h6-7,17,21-22,25H,4-5,8-16,18H2,1-3H3,(H,40,41). The quantitative estimate of drug-likeness (QED) is 0.407. The van der Waals surface area contributed by atoms with Crippen molar-refractivity contribution in [1.29, 1.82) is 0 Å². The Bertz CT molecular complexity index is 1130. The summed E-state index contributed by atoms with van der Waals surface area (Å²) in [6.45, 7) is 6.85. The SMILES string of the molecule is Cc1ccc(CN(C)C2(C)CCN(C(=O)OC(C(F)(F)F)C(F)(F)F)CC2)c(N2CCC(N3CCCC3C(=O)O)CC2)c1. The summed E-state index contributed by atoms with van der Waals surface area (Å²) in [7, 11) is 1.92. The molecule has 242 valence electrons. The van der Waals surface area contributed by atoms with Gasteiger partial charge in [0.2, 0.25) is 0 Å². The smallest absolute Gasteiger partial charge is 0.434 e. The average molecular weight is 623 g/mol. The van der Waals surface area contributed by atoms with Gasteiger partial charge in [-0.1, -0.05) is 12.1 Å². The molecule has 4 rings (SSSR count). The van der Waals surface area contributed by atoms with Gasteiger partial charge in [-0.3, -0.25) is 14.6 Å². The van der Waals surface area contributed by atoms with Gasteiger partial charge in [-0.2, -0.15) is 26.3 Å². The van der Waals surface area contributed by atoms with Gasteiger partial charge in [-0.05, 0) is 83.2 Å². The van der Waals surface area contributed by atoms with Crippen LogP contribution in [-0.2, 0) is 16.1 Å². The third-order valence-electron chi connectivity index (χ3n) is 9.34. The van der Waals surface area contributed by atoms with Crippen LogP contribution in [-0.4, -0.2) is 108 Å². The Kier molecular flexibility index (Phi) is 9.80. The first kappa shape index (κ1) is 33.2. The van der Waals surface area contributed by atoms with Crippen molar-refractivity contribution in [2.75, 3.05) is 44.7 Å². The third-order valence-corrected chi connectivity index (χ3v) is 9.34.